The van der Waals surface area contributed by atoms with Gasteiger partial charge in [0.15, 0.2) is 6.04 Å². The smallest absolute Gasteiger partial charge is 0.334 e. The molecule has 0 amide bonds. The monoisotopic (exact) mass is 283 g/mol. The van der Waals surface area contributed by atoms with E-state index in [9.17, 15) is 10.1 Å². The minimum atomic E-state index is -0.931. The lowest BCUT2D eigenvalue weighted by molar-refractivity contribution is -0.143. The van der Waals surface area contributed by atoms with E-state index in [4.69, 9.17) is 10.5 Å². The van der Waals surface area contributed by atoms with Crippen LogP contribution in [-0.4, -0.2) is 28.2 Å². The Balaban J connectivity index is 2.18. The summed E-state index contributed by atoms with van der Waals surface area (Å²) in [6.45, 7) is 1.93. The number of esters is 1. The number of nitrogens with one attached hydrogen (secondary N) is 1. The Kier molecular flexibility index (Phi) is 2.99. The van der Waals surface area contributed by atoms with Gasteiger partial charge in [-0.15, -0.1) is 0 Å². The van der Waals surface area contributed by atoms with Gasteiger partial charge in [-0.1, -0.05) is 12.1 Å². The number of nitrogens with zero attached hydrogens (tertiary/aromatic N) is 3. The van der Waals surface area contributed by atoms with Crippen molar-refractivity contribution in [3.8, 4) is 6.07 Å². The number of ether oxygens (including phenoxy) is 1. The number of hydrogen-bond acceptors (Lipinski definition) is 6. The van der Waals surface area contributed by atoms with E-state index in [-0.39, 0.29) is 18.0 Å². The summed E-state index contributed by atoms with van der Waals surface area (Å²) in [7, 11) is 0. The highest BCUT2D eigenvalue weighted by Gasteiger charge is 2.34. The third kappa shape index (κ3) is 1.89. The summed E-state index contributed by atoms with van der Waals surface area (Å²) in [5.41, 5.74) is 7.69. The van der Waals surface area contributed by atoms with Crippen molar-refractivity contribution in [2.24, 2.45) is 5.73 Å². The average molecular weight is 283 g/mol. The fourth-order valence-corrected chi connectivity index (χ4v) is 2.36. The molecule has 1 aromatic heterocycles. The molecule has 3 rings (SSSR count). The number of nitrogens with two attached hydrogens (primary N) is 1. The van der Waals surface area contributed by atoms with Crippen molar-refractivity contribution in [1.82, 2.24) is 9.55 Å². The van der Waals surface area contributed by atoms with Crippen molar-refractivity contribution in [2.45, 2.75) is 13.0 Å². The van der Waals surface area contributed by atoms with E-state index >= 15 is 0 Å². The summed E-state index contributed by atoms with van der Waals surface area (Å²) in [6.07, 6.45) is 0. The SMILES string of the molecule is CCOC(=O)C1Nc2nc3ccccc3n2C(N)=C1C#N. The number of benzene rings is 1. The van der Waals surface area contributed by atoms with Crippen LogP contribution in [0.4, 0.5) is 5.95 Å². The predicted molar refractivity (Wildman–Crippen MR) is 76.8 cm³/mol. The van der Waals surface area contributed by atoms with E-state index in [2.05, 4.69) is 10.3 Å². The second-order valence-electron chi connectivity index (χ2n) is 4.50. The van der Waals surface area contributed by atoms with Crippen LogP contribution in [0.25, 0.3) is 16.9 Å². The molecule has 0 saturated heterocycles. The van der Waals surface area contributed by atoms with Gasteiger partial charge in [0.05, 0.1) is 17.6 Å². The lowest BCUT2D eigenvalue weighted by atomic mass is 10.1. The number of nitriles is 1. The molecule has 0 radical (unpaired) electrons. The van der Waals surface area contributed by atoms with Crippen LogP contribution in [-0.2, 0) is 9.53 Å². The van der Waals surface area contributed by atoms with Gasteiger partial charge in [0, 0.05) is 0 Å². The molecule has 0 bridgehead atoms. The molecule has 0 saturated carbocycles. The molecular formula is C14H13N5O2. The Morgan fingerprint density at radius 2 is 2.33 bits per heavy atom. The van der Waals surface area contributed by atoms with Crippen LogP contribution < -0.4 is 11.1 Å². The second-order valence-corrected chi connectivity index (χ2v) is 4.50. The van der Waals surface area contributed by atoms with Gasteiger partial charge in [-0.25, -0.2) is 9.78 Å². The van der Waals surface area contributed by atoms with Gasteiger partial charge >= 0.3 is 5.97 Å². The molecule has 7 nitrogen and oxygen atoms in total. The standard InChI is InChI=1S/C14H13N5O2/c1-2-21-13(20)11-8(7-15)12(16)19-10-6-4-3-5-9(10)17-14(19)18-11/h3-6,11H,2,16H2,1H3,(H,17,18). The Morgan fingerprint density at radius 3 is 3.05 bits per heavy atom. The predicted octanol–water partition coefficient (Wildman–Crippen LogP) is 1.04. The van der Waals surface area contributed by atoms with Crippen molar-refractivity contribution < 1.29 is 9.53 Å². The first-order valence-electron chi connectivity index (χ1n) is 6.48. The van der Waals surface area contributed by atoms with Gasteiger partial charge < -0.3 is 15.8 Å². The molecular weight excluding hydrogens is 270 g/mol. The van der Waals surface area contributed by atoms with Crippen LogP contribution in [0.5, 0.6) is 0 Å². The Hall–Kier alpha value is -3.01. The lowest BCUT2D eigenvalue weighted by Crippen LogP contribution is -2.39. The van der Waals surface area contributed by atoms with Crippen molar-refractivity contribution in [1.29, 1.82) is 5.26 Å². The normalized spacial score (nSPS) is 17.0. The third-order valence-corrected chi connectivity index (χ3v) is 3.28. The minimum absolute atomic E-state index is 0.129. The van der Waals surface area contributed by atoms with Gasteiger partial charge in [-0.3, -0.25) is 4.57 Å². The lowest BCUT2D eigenvalue weighted by Gasteiger charge is -2.24. The summed E-state index contributed by atoms with van der Waals surface area (Å²) in [6, 6.07) is 8.44. The average Bonchev–Trinajstić information content (AvgIpc) is 2.85. The highest BCUT2D eigenvalue weighted by Crippen LogP contribution is 2.29. The topological polar surface area (TPSA) is 106 Å². The molecule has 1 aromatic carbocycles. The summed E-state index contributed by atoms with van der Waals surface area (Å²) in [5.74, 6) is 0.0686. The zero-order chi connectivity index (χ0) is 15.0. The zero-order valence-electron chi connectivity index (χ0n) is 11.3. The van der Waals surface area contributed by atoms with Crippen molar-refractivity contribution in [2.75, 3.05) is 11.9 Å². The van der Waals surface area contributed by atoms with E-state index in [1.165, 1.54) is 0 Å². The summed E-state index contributed by atoms with van der Waals surface area (Å²) >= 11 is 0. The van der Waals surface area contributed by atoms with Gasteiger partial charge in [0.25, 0.3) is 0 Å². The van der Waals surface area contributed by atoms with Crippen LogP contribution in [0.1, 0.15) is 6.92 Å². The first-order valence-corrected chi connectivity index (χ1v) is 6.48. The van der Waals surface area contributed by atoms with Crippen LogP contribution in [0, 0.1) is 11.3 Å². The number of carbonyl (C=O) groups is 1. The van der Waals surface area contributed by atoms with Gasteiger partial charge in [0.1, 0.15) is 17.5 Å². The number of aromatic nitrogens is 2. The molecule has 21 heavy (non-hydrogen) atoms. The molecule has 2 aromatic rings. The largest absolute Gasteiger partial charge is 0.464 e. The van der Waals surface area contributed by atoms with Crippen LogP contribution in [0.2, 0.25) is 0 Å². The molecule has 106 valence electrons. The Morgan fingerprint density at radius 1 is 1.57 bits per heavy atom. The highest BCUT2D eigenvalue weighted by atomic mass is 16.5. The molecule has 0 spiro atoms. The van der Waals surface area contributed by atoms with Gasteiger partial charge in [-0.2, -0.15) is 5.26 Å². The Labute approximate surface area is 120 Å². The number of imidazole rings is 1. The van der Waals surface area contributed by atoms with Gasteiger partial charge in [0.2, 0.25) is 5.95 Å². The summed E-state index contributed by atoms with van der Waals surface area (Å²) in [5, 5.41) is 12.2. The van der Waals surface area contributed by atoms with Crippen LogP contribution in [0.15, 0.2) is 29.8 Å². The third-order valence-electron chi connectivity index (χ3n) is 3.28. The first kappa shape index (κ1) is 13.0. The number of para-hydroxylation sites is 2. The maximum atomic E-state index is 12.0. The molecule has 1 unspecified atom stereocenters. The highest BCUT2D eigenvalue weighted by molar-refractivity contribution is 5.92. The van der Waals surface area contributed by atoms with Gasteiger partial charge in [-0.05, 0) is 19.1 Å². The quantitative estimate of drug-likeness (QED) is 0.798. The van der Waals surface area contributed by atoms with E-state index in [0.717, 1.165) is 11.0 Å². The molecule has 0 aliphatic carbocycles. The molecule has 1 atom stereocenters. The number of anilines is 1. The summed E-state index contributed by atoms with van der Waals surface area (Å²) < 4.78 is 6.60. The van der Waals surface area contributed by atoms with E-state index < -0.39 is 12.0 Å². The van der Waals surface area contributed by atoms with Crippen LogP contribution >= 0.6 is 0 Å². The zero-order valence-corrected chi connectivity index (χ0v) is 11.3. The molecule has 7 heteroatoms. The number of carbonyl (C=O) groups excluding carboxylic acids is 1. The molecule has 1 aliphatic heterocycles. The van der Waals surface area contributed by atoms with E-state index in [0.29, 0.717) is 5.95 Å². The van der Waals surface area contributed by atoms with E-state index in [1.807, 2.05) is 30.3 Å². The summed E-state index contributed by atoms with van der Waals surface area (Å²) in [4.78, 5) is 16.4. The maximum Gasteiger partial charge on any atom is 0.334 e. The maximum absolute atomic E-state index is 12.0. The fourth-order valence-electron chi connectivity index (χ4n) is 2.36. The molecule has 1 aliphatic rings. The Bertz CT molecular complexity index is 799. The molecule has 0 fully saturated rings. The van der Waals surface area contributed by atoms with Crippen molar-refractivity contribution >= 4 is 28.8 Å². The first-order chi connectivity index (χ1) is 10.2. The second kappa shape index (κ2) is 4.83. The molecule has 2 heterocycles. The van der Waals surface area contributed by atoms with Crippen LogP contribution in [0.3, 0.4) is 0 Å². The number of rotatable bonds is 2. The van der Waals surface area contributed by atoms with E-state index in [1.54, 1.807) is 11.5 Å². The molecule has 3 N–H and O–H groups in total. The van der Waals surface area contributed by atoms with Crippen molar-refractivity contribution in [3.05, 3.63) is 29.8 Å². The van der Waals surface area contributed by atoms with Crippen molar-refractivity contribution in [3.63, 3.8) is 0 Å². The minimum Gasteiger partial charge on any atom is -0.464 e. The number of fused-ring (bicyclic) bond motifs is 3. The fraction of sp³-hybridized carbons (Fsp3) is 0.214. The number of hydrogen-bond donors (Lipinski definition) is 2.